The first-order valence-electron chi connectivity index (χ1n) is 12.3. The van der Waals surface area contributed by atoms with Gasteiger partial charge in [-0.2, -0.15) is 26.3 Å². The van der Waals surface area contributed by atoms with Gasteiger partial charge in [0.25, 0.3) is 5.91 Å². The lowest BCUT2D eigenvalue weighted by molar-refractivity contribution is -0.138. The molecule has 0 aliphatic rings. The number of aryl methyl sites for hydroxylation is 2. The topological polar surface area (TPSA) is 81.6 Å². The summed E-state index contributed by atoms with van der Waals surface area (Å²) in [6, 6.07) is 16.2. The highest BCUT2D eigenvalue weighted by molar-refractivity contribution is 6.31. The highest BCUT2D eigenvalue weighted by atomic mass is 35.5. The molecule has 0 fully saturated rings. The maximum atomic E-state index is 12.8. The Labute approximate surface area is 252 Å². The third kappa shape index (κ3) is 8.71. The molecule has 0 bridgehead atoms. The van der Waals surface area contributed by atoms with E-state index in [-0.39, 0.29) is 40.0 Å². The number of carbonyl (C=O) groups excluding carboxylic acids is 1. The Kier molecular flexibility index (Phi) is 10.5. The largest absolute Gasteiger partial charge is 0.508 e. The Hall–Kier alpha value is -4.09. The standard InChI is InChI=1S/C15H11ClF3NO2.C15H13ClF3NO/c1-8-3-2-4-12(21)13(8)14(22)20-9-5-6-11(16)10(7-9)15(17,18)19;1-9-3-2-4-14(21)11(9)8-20-10-5-6-13(16)12(7-10)15(17,18)19/h2-7,21H,1H3,(H,20,22);2-7,20-21H,8H2,1H3. The van der Waals surface area contributed by atoms with Crippen molar-refractivity contribution in [3.05, 3.63) is 116 Å². The molecule has 4 aromatic rings. The van der Waals surface area contributed by atoms with Gasteiger partial charge >= 0.3 is 12.4 Å². The highest BCUT2D eigenvalue weighted by Crippen LogP contribution is 2.37. The Morgan fingerprint density at radius 2 is 1.21 bits per heavy atom. The fraction of sp³-hybridized carbons (Fsp3) is 0.167. The average molecular weight is 645 g/mol. The molecule has 4 aromatic carbocycles. The van der Waals surface area contributed by atoms with Gasteiger partial charge in [0.05, 0.1) is 26.7 Å². The number of amides is 1. The summed E-state index contributed by atoms with van der Waals surface area (Å²) >= 11 is 11.1. The number of phenolic OH excluding ortho intramolecular Hbond substituents is 2. The third-order valence-electron chi connectivity index (χ3n) is 6.13. The first kappa shape index (κ1) is 33.4. The Balaban J connectivity index is 0.000000236. The van der Waals surface area contributed by atoms with Gasteiger partial charge in [0.2, 0.25) is 0 Å². The molecular weight excluding hydrogens is 621 g/mol. The molecule has 13 heteroatoms. The fourth-order valence-electron chi connectivity index (χ4n) is 3.92. The maximum Gasteiger partial charge on any atom is 0.417 e. The van der Waals surface area contributed by atoms with Crippen LogP contribution in [-0.4, -0.2) is 16.1 Å². The molecule has 5 nitrogen and oxygen atoms in total. The molecule has 0 saturated heterocycles. The summed E-state index contributed by atoms with van der Waals surface area (Å²) in [5.41, 5.74) is 0.296. The molecule has 0 atom stereocenters. The van der Waals surface area contributed by atoms with Gasteiger partial charge in [0.1, 0.15) is 11.5 Å². The fourth-order valence-corrected chi connectivity index (χ4v) is 4.37. The Morgan fingerprint density at radius 3 is 1.72 bits per heavy atom. The normalized spacial score (nSPS) is 11.4. The van der Waals surface area contributed by atoms with Crippen molar-refractivity contribution < 1.29 is 41.4 Å². The number of alkyl halides is 6. The van der Waals surface area contributed by atoms with Crippen LogP contribution in [0.3, 0.4) is 0 Å². The van der Waals surface area contributed by atoms with Crippen LogP contribution in [0.2, 0.25) is 10.0 Å². The molecule has 1 amide bonds. The van der Waals surface area contributed by atoms with E-state index in [4.69, 9.17) is 23.2 Å². The van der Waals surface area contributed by atoms with Gasteiger partial charge in [-0.3, -0.25) is 4.79 Å². The van der Waals surface area contributed by atoms with Crippen LogP contribution in [0, 0.1) is 13.8 Å². The number of aromatic hydroxyl groups is 2. The molecule has 0 aliphatic carbocycles. The van der Waals surface area contributed by atoms with Crippen molar-refractivity contribution in [1.82, 2.24) is 0 Å². The number of phenols is 2. The van der Waals surface area contributed by atoms with Crippen LogP contribution >= 0.6 is 23.2 Å². The van der Waals surface area contributed by atoms with E-state index in [0.717, 1.165) is 23.8 Å². The molecule has 0 saturated carbocycles. The number of anilines is 2. The van der Waals surface area contributed by atoms with Crippen molar-refractivity contribution in [2.45, 2.75) is 32.7 Å². The Bertz CT molecular complexity index is 1580. The lowest BCUT2D eigenvalue weighted by Crippen LogP contribution is -2.15. The van der Waals surface area contributed by atoms with Crippen LogP contribution in [-0.2, 0) is 18.9 Å². The summed E-state index contributed by atoms with van der Waals surface area (Å²) in [6.07, 6.45) is -9.12. The number of hydrogen-bond acceptors (Lipinski definition) is 4. The van der Waals surface area contributed by atoms with E-state index < -0.39 is 34.4 Å². The van der Waals surface area contributed by atoms with E-state index in [2.05, 4.69) is 10.6 Å². The van der Waals surface area contributed by atoms with Crippen LogP contribution in [0.5, 0.6) is 11.5 Å². The zero-order valence-corrected chi connectivity index (χ0v) is 24.0. The van der Waals surface area contributed by atoms with E-state index in [0.29, 0.717) is 11.1 Å². The number of nitrogens with one attached hydrogen (secondary N) is 2. The van der Waals surface area contributed by atoms with E-state index in [1.807, 2.05) is 13.0 Å². The van der Waals surface area contributed by atoms with Crippen molar-refractivity contribution in [2.24, 2.45) is 0 Å². The quantitative estimate of drug-likeness (QED) is 0.163. The second-order valence-electron chi connectivity index (χ2n) is 9.23. The number of carbonyl (C=O) groups is 1. The molecule has 4 N–H and O–H groups in total. The molecule has 43 heavy (non-hydrogen) atoms. The summed E-state index contributed by atoms with van der Waals surface area (Å²) in [6.45, 7) is 3.65. The van der Waals surface area contributed by atoms with Crippen LogP contribution in [0.15, 0.2) is 72.8 Å². The van der Waals surface area contributed by atoms with Gasteiger partial charge in [0, 0.05) is 23.5 Å². The molecule has 4 rings (SSSR count). The minimum Gasteiger partial charge on any atom is -0.508 e. The first-order chi connectivity index (χ1) is 20.0. The van der Waals surface area contributed by atoms with Crippen molar-refractivity contribution in [3.63, 3.8) is 0 Å². The van der Waals surface area contributed by atoms with E-state index >= 15 is 0 Å². The van der Waals surface area contributed by atoms with Gasteiger partial charge in [-0.1, -0.05) is 47.5 Å². The first-order valence-corrected chi connectivity index (χ1v) is 13.1. The minimum atomic E-state index is -4.62. The van der Waals surface area contributed by atoms with Gasteiger partial charge in [-0.15, -0.1) is 0 Å². The van der Waals surface area contributed by atoms with Gasteiger partial charge in [-0.05, 0) is 73.5 Å². The van der Waals surface area contributed by atoms with Gasteiger partial charge < -0.3 is 20.8 Å². The molecular formula is C30H24Cl2F6N2O3. The smallest absolute Gasteiger partial charge is 0.417 e. The van der Waals surface area contributed by atoms with E-state index in [1.165, 1.54) is 30.3 Å². The van der Waals surface area contributed by atoms with Crippen LogP contribution in [0.25, 0.3) is 0 Å². The van der Waals surface area contributed by atoms with Crippen molar-refractivity contribution in [3.8, 4) is 11.5 Å². The minimum absolute atomic E-state index is 0.00556. The summed E-state index contributed by atoms with van der Waals surface area (Å²) < 4.78 is 76.6. The molecule has 228 valence electrons. The Morgan fingerprint density at radius 1 is 0.721 bits per heavy atom. The monoisotopic (exact) mass is 644 g/mol. The van der Waals surface area contributed by atoms with E-state index in [1.54, 1.807) is 25.1 Å². The molecule has 0 aliphatic heterocycles. The van der Waals surface area contributed by atoms with Gasteiger partial charge in [-0.25, -0.2) is 0 Å². The number of halogens is 8. The van der Waals surface area contributed by atoms with Crippen molar-refractivity contribution >= 4 is 40.5 Å². The molecule has 0 spiro atoms. The summed E-state index contributed by atoms with van der Waals surface area (Å²) in [5.74, 6) is -0.846. The predicted octanol–water partition coefficient (Wildman–Crippen LogP) is 9.61. The van der Waals surface area contributed by atoms with E-state index in [9.17, 15) is 41.4 Å². The van der Waals surface area contributed by atoms with Gasteiger partial charge in [0.15, 0.2) is 0 Å². The SMILES string of the molecule is Cc1cccc(O)c1C(=O)Nc1ccc(Cl)c(C(F)(F)F)c1.Cc1cccc(O)c1CNc1ccc(Cl)c(C(F)(F)F)c1. The number of rotatable bonds is 5. The highest BCUT2D eigenvalue weighted by Gasteiger charge is 2.34. The average Bonchev–Trinajstić information content (AvgIpc) is 2.89. The van der Waals surface area contributed by atoms with Crippen LogP contribution < -0.4 is 10.6 Å². The zero-order valence-electron chi connectivity index (χ0n) is 22.5. The van der Waals surface area contributed by atoms with Crippen molar-refractivity contribution in [2.75, 3.05) is 10.6 Å². The molecule has 0 heterocycles. The van der Waals surface area contributed by atoms with Crippen molar-refractivity contribution in [1.29, 1.82) is 0 Å². The summed E-state index contributed by atoms with van der Waals surface area (Å²) in [7, 11) is 0. The second-order valence-corrected chi connectivity index (χ2v) is 10.0. The predicted molar refractivity (Wildman–Crippen MR) is 154 cm³/mol. The molecule has 0 unspecified atom stereocenters. The zero-order chi connectivity index (χ0) is 32.1. The lowest BCUT2D eigenvalue weighted by atomic mass is 10.1. The molecule has 0 aromatic heterocycles. The number of benzene rings is 4. The number of hydrogen-bond donors (Lipinski definition) is 4. The third-order valence-corrected chi connectivity index (χ3v) is 6.79. The second kappa shape index (κ2) is 13.5. The van der Waals surface area contributed by atoms with Crippen LogP contribution in [0.1, 0.15) is 38.2 Å². The lowest BCUT2D eigenvalue weighted by Gasteiger charge is -2.14. The summed E-state index contributed by atoms with van der Waals surface area (Å²) in [4.78, 5) is 12.1. The summed E-state index contributed by atoms with van der Waals surface area (Å²) in [5, 5.41) is 23.9. The van der Waals surface area contributed by atoms with Crippen LogP contribution in [0.4, 0.5) is 37.7 Å². The maximum absolute atomic E-state index is 12.8. The molecule has 0 radical (unpaired) electrons.